The smallest absolute Gasteiger partial charge is 0.144 e. The number of aromatic nitrogens is 1. The largest absolute Gasteiger partial charge is 0.360 e. The average molecular weight is 234 g/mol. The van der Waals surface area contributed by atoms with Crippen LogP contribution in [-0.2, 0) is 12.8 Å². The highest BCUT2D eigenvalue weighted by atomic mass is 16.5. The van der Waals surface area contributed by atoms with Crippen molar-refractivity contribution in [3.05, 3.63) is 22.6 Å². The lowest BCUT2D eigenvalue weighted by Gasteiger charge is -2.22. The second-order valence-electron chi connectivity index (χ2n) is 4.88. The molecule has 3 nitrogen and oxygen atoms in total. The number of fused-ring (bicyclic) bond motifs is 1. The fourth-order valence-corrected chi connectivity index (χ4v) is 2.68. The molecular formula is C14H22N2O. The first-order valence-corrected chi connectivity index (χ1v) is 6.52. The van der Waals surface area contributed by atoms with E-state index in [0.29, 0.717) is 0 Å². The Bertz CT molecular complexity index is 431. The first kappa shape index (κ1) is 12.4. The van der Waals surface area contributed by atoms with Gasteiger partial charge in [-0.15, -0.1) is 0 Å². The SMILES string of the molecule is CC/C1=C(\C)CN(C)CCc2noc(CC)c21. The fourth-order valence-electron chi connectivity index (χ4n) is 2.68. The molecule has 1 aromatic rings. The lowest BCUT2D eigenvalue weighted by molar-refractivity contribution is 0.352. The second-order valence-corrected chi connectivity index (χ2v) is 4.88. The van der Waals surface area contributed by atoms with Crippen LogP contribution in [-0.4, -0.2) is 30.2 Å². The van der Waals surface area contributed by atoms with Crippen LogP contribution >= 0.6 is 0 Å². The topological polar surface area (TPSA) is 29.3 Å². The number of nitrogens with zero attached hydrogens (tertiary/aromatic N) is 2. The summed E-state index contributed by atoms with van der Waals surface area (Å²) < 4.78 is 5.49. The molecule has 1 aliphatic rings. The molecule has 94 valence electrons. The molecule has 0 bridgehead atoms. The van der Waals surface area contributed by atoms with Crippen LogP contribution in [0.1, 0.15) is 44.2 Å². The molecular weight excluding hydrogens is 212 g/mol. The third-order valence-corrected chi connectivity index (χ3v) is 3.56. The number of rotatable bonds is 2. The van der Waals surface area contributed by atoms with Gasteiger partial charge in [-0.1, -0.05) is 24.6 Å². The summed E-state index contributed by atoms with van der Waals surface area (Å²) in [4.78, 5) is 2.36. The van der Waals surface area contributed by atoms with Crippen molar-refractivity contribution in [3.63, 3.8) is 0 Å². The molecule has 0 aliphatic carbocycles. The minimum absolute atomic E-state index is 0.926. The average Bonchev–Trinajstić information content (AvgIpc) is 2.69. The molecule has 17 heavy (non-hydrogen) atoms. The van der Waals surface area contributed by atoms with Crippen LogP contribution < -0.4 is 0 Å². The Hall–Kier alpha value is -1.09. The van der Waals surface area contributed by atoms with E-state index in [4.69, 9.17) is 4.52 Å². The van der Waals surface area contributed by atoms with E-state index >= 15 is 0 Å². The number of likely N-dealkylation sites (N-methyl/N-ethyl adjacent to an activating group) is 1. The highest BCUT2D eigenvalue weighted by Crippen LogP contribution is 2.31. The third kappa shape index (κ3) is 2.29. The summed E-state index contributed by atoms with van der Waals surface area (Å²) in [6, 6.07) is 0. The molecule has 0 saturated heterocycles. The quantitative estimate of drug-likeness (QED) is 0.788. The van der Waals surface area contributed by atoms with Gasteiger partial charge < -0.3 is 9.42 Å². The molecule has 0 saturated carbocycles. The van der Waals surface area contributed by atoms with Gasteiger partial charge in [0, 0.05) is 31.5 Å². The zero-order valence-corrected chi connectivity index (χ0v) is 11.3. The van der Waals surface area contributed by atoms with Gasteiger partial charge in [-0.3, -0.25) is 0 Å². The van der Waals surface area contributed by atoms with Crippen LogP contribution in [0.3, 0.4) is 0 Å². The lowest BCUT2D eigenvalue weighted by atomic mass is 9.93. The normalized spacial score (nSPS) is 22.1. The van der Waals surface area contributed by atoms with Crippen molar-refractivity contribution in [2.24, 2.45) is 0 Å². The summed E-state index contributed by atoms with van der Waals surface area (Å²) in [5, 5.41) is 4.26. The molecule has 0 atom stereocenters. The molecule has 1 aliphatic heterocycles. The summed E-state index contributed by atoms with van der Waals surface area (Å²) >= 11 is 0. The lowest BCUT2D eigenvalue weighted by Crippen LogP contribution is -2.25. The van der Waals surface area contributed by atoms with Gasteiger partial charge in [0.2, 0.25) is 0 Å². The number of hydrogen-bond acceptors (Lipinski definition) is 3. The zero-order valence-electron chi connectivity index (χ0n) is 11.3. The Kier molecular flexibility index (Phi) is 3.67. The Labute approximate surface area is 103 Å². The molecule has 0 N–H and O–H groups in total. The number of allylic oxidation sites excluding steroid dienone is 1. The van der Waals surface area contributed by atoms with Crippen LogP contribution in [0.4, 0.5) is 0 Å². The van der Waals surface area contributed by atoms with Crippen LogP contribution in [0, 0.1) is 0 Å². The first-order chi connectivity index (χ1) is 8.17. The van der Waals surface area contributed by atoms with Gasteiger partial charge >= 0.3 is 0 Å². The van der Waals surface area contributed by atoms with Gasteiger partial charge in [0.1, 0.15) is 5.76 Å². The van der Waals surface area contributed by atoms with E-state index in [9.17, 15) is 0 Å². The molecule has 0 aromatic carbocycles. The number of hydrogen-bond donors (Lipinski definition) is 0. The molecule has 0 fully saturated rings. The van der Waals surface area contributed by atoms with Crippen LogP contribution in [0.2, 0.25) is 0 Å². The highest BCUT2D eigenvalue weighted by molar-refractivity contribution is 5.71. The van der Waals surface area contributed by atoms with Crippen molar-refractivity contribution in [2.75, 3.05) is 20.1 Å². The van der Waals surface area contributed by atoms with Crippen molar-refractivity contribution in [3.8, 4) is 0 Å². The van der Waals surface area contributed by atoms with Gasteiger partial charge in [-0.25, -0.2) is 0 Å². The molecule has 0 radical (unpaired) electrons. The monoisotopic (exact) mass is 234 g/mol. The van der Waals surface area contributed by atoms with E-state index in [2.05, 4.69) is 37.9 Å². The fraction of sp³-hybridized carbons (Fsp3) is 0.643. The van der Waals surface area contributed by atoms with Crippen LogP contribution in [0.5, 0.6) is 0 Å². The Morgan fingerprint density at radius 3 is 2.71 bits per heavy atom. The molecule has 0 amide bonds. The van der Waals surface area contributed by atoms with E-state index in [1.165, 1.54) is 16.7 Å². The van der Waals surface area contributed by atoms with Crippen molar-refractivity contribution >= 4 is 5.57 Å². The summed E-state index contributed by atoms with van der Waals surface area (Å²) in [5.41, 5.74) is 5.34. The third-order valence-electron chi connectivity index (χ3n) is 3.56. The molecule has 1 aromatic heterocycles. The van der Waals surface area contributed by atoms with E-state index in [-0.39, 0.29) is 0 Å². The van der Waals surface area contributed by atoms with Gasteiger partial charge in [0.25, 0.3) is 0 Å². The summed E-state index contributed by atoms with van der Waals surface area (Å²) in [7, 11) is 2.17. The summed E-state index contributed by atoms with van der Waals surface area (Å²) in [6.07, 6.45) is 2.97. The minimum atomic E-state index is 0.926. The standard InChI is InChI=1S/C14H22N2O/c1-5-11-10(3)9-16(4)8-7-12-14(11)13(6-2)17-15-12/h5-9H2,1-4H3/b11-10-. The van der Waals surface area contributed by atoms with E-state index in [1.54, 1.807) is 0 Å². The molecule has 0 unspecified atom stereocenters. The van der Waals surface area contributed by atoms with Crippen molar-refractivity contribution in [1.82, 2.24) is 10.1 Å². The van der Waals surface area contributed by atoms with Crippen LogP contribution in [0.15, 0.2) is 10.1 Å². The van der Waals surface area contributed by atoms with E-state index in [0.717, 1.165) is 43.8 Å². The van der Waals surface area contributed by atoms with Crippen molar-refractivity contribution in [2.45, 2.75) is 40.0 Å². The Morgan fingerprint density at radius 1 is 1.29 bits per heavy atom. The predicted octanol–water partition coefficient (Wildman–Crippen LogP) is 2.91. The van der Waals surface area contributed by atoms with E-state index in [1.807, 2.05) is 0 Å². The van der Waals surface area contributed by atoms with Gasteiger partial charge in [-0.05, 0) is 26.0 Å². The maximum Gasteiger partial charge on any atom is 0.144 e. The Balaban J connectivity index is 2.54. The number of aryl methyl sites for hydroxylation is 1. The van der Waals surface area contributed by atoms with Gasteiger partial charge in [0.05, 0.1) is 5.69 Å². The van der Waals surface area contributed by atoms with Gasteiger partial charge in [0.15, 0.2) is 0 Å². The summed E-state index contributed by atoms with van der Waals surface area (Å²) in [6.45, 7) is 8.69. The summed E-state index contributed by atoms with van der Waals surface area (Å²) in [5.74, 6) is 1.06. The highest BCUT2D eigenvalue weighted by Gasteiger charge is 2.21. The first-order valence-electron chi connectivity index (χ1n) is 6.52. The Morgan fingerprint density at radius 2 is 2.06 bits per heavy atom. The molecule has 2 rings (SSSR count). The van der Waals surface area contributed by atoms with Crippen molar-refractivity contribution in [1.29, 1.82) is 0 Å². The predicted molar refractivity (Wildman–Crippen MR) is 70.0 cm³/mol. The van der Waals surface area contributed by atoms with Crippen LogP contribution in [0.25, 0.3) is 5.57 Å². The second kappa shape index (κ2) is 5.05. The van der Waals surface area contributed by atoms with Gasteiger partial charge in [-0.2, -0.15) is 0 Å². The van der Waals surface area contributed by atoms with Crippen molar-refractivity contribution < 1.29 is 4.52 Å². The molecule has 3 heteroatoms. The molecule has 2 heterocycles. The minimum Gasteiger partial charge on any atom is -0.360 e. The van der Waals surface area contributed by atoms with E-state index < -0.39 is 0 Å². The zero-order chi connectivity index (χ0) is 12.4. The molecule has 0 spiro atoms. The maximum atomic E-state index is 5.49. The maximum absolute atomic E-state index is 5.49.